The molecule has 2 nitrogen and oxygen atoms in total. The van der Waals surface area contributed by atoms with Crippen LogP contribution in [0, 0.1) is 0 Å². The third-order valence-electron chi connectivity index (χ3n) is 3.22. The number of rotatable bonds is 3. The molecule has 2 unspecified atom stereocenters. The summed E-state index contributed by atoms with van der Waals surface area (Å²) in [7, 11) is 1.70. The van der Waals surface area contributed by atoms with Crippen LogP contribution in [-0.2, 0) is 6.42 Å². The number of nitrogens with one attached hydrogen (secondary N) is 1. The van der Waals surface area contributed by atoms with E-state index in [1.165, 1.54) is 17.7 Å². The minimum absolute atomic E-state index is 0.173. The summed E-state index contributed by atoms with van der Waals surface area (Å²) >= 11 is 2.03. The topological polar surface area (TPSA) is 21.3 Å². The van der Waals surface area contributed by atoms with E-state index in [9.17, 15) is 0 Å². The molecule has 1 heterocycles. The Morgan fingerprint density at radius 3 is 2.71 bits per heavy atom. The molecule has 0 radical (unpaired) electrons. The first-order chi connectivity index (χ1) is 8.11. The fourth-order valence-corrected chi connectivity index (χ4v) is 3.81. The fourth-order valence-electron chi connectivity index (χ4n) is 2.33. The van der Waals surface area contributed by atoms with E-state index in [1.807, 2.05) is 23.9 Å². The molecule has 1 fully saturated rings. The highest BCUT2D eigenvalue weighted by molar-refractivity contribution is 8.00. The van der Waals surface area contributed by atoms with Crippen LogP contribution in [0.1, 0.15) is 25.8 Å². The van der Waals surface area contributed by atoms with Crippen molar-refractivity contribution in [3.8, 4) is 5.75 Å². The Morgan fingerprint density at radius 2 is 2.12 bits per heavy atom. The molecule has 1 aliphatic heterocycles. The van der Waals surface area contributed by atoms with E-state index in [0.29, 0.717) is 6.04 Å². The molecule has 0 aliphatic carbocycles. The smallest absolute Gasteiger partial charge is 0.118 e. The summed E-state index contributed by atoms with van der Waals surface area (Å²) in [6, 6.07) is 9.02. The van der Waals surface area contributed by atoms with E-state index in [1.54, 1.807) is 7.11 Å². The SMILES string of the molecule is COc1ccc(CC2(C)NC(C)CCS2)cc1. The molecular formula is C14H21NOS. The van der Waals surface area contributed by atoms with Crippen LogP contribution in [0.25, 0.3) is 0 Å². The predicted molar refractivity (Wildman–Crippen MR) is 74.8 cm³/mol. The third kappa shape index (κ3) is 3.39. The first-order valence-corrected chi connectivity index (χ1v) is 7.14. The van der Waals surface area contributed by atoms with Crippen molar-refractivity contribution >= 4 is 11.8 Å². The first kappa shape index (κ1) is 12.8. The van der Waals surface area contributed by atoms with Gasteiger partial charge in [0, 0.05) is 6.04 Å². The number of thioether (sulfide) groups is 1. The number of methoxy groups -OCH3 is 1. The Balaban J connectivity index is 2.03. The molecule has 0 spiro atoms. The van der Waals surface area contributed by atoms with Crippen LogP contribution < -0.4 is 10.1 Å². The second kappa shape index (κ2) is 5.32. The van der Waals surface area contributed by atoms with Gasteiger partial charge in [-0.1, -0.05) is 12.1 Å². The maximum Gasteiger partial charge on any atom is 0.118 e. The van der Waals surface area contributed by atoms with Gasteiger partial charge in [0.15, 0.2) is 0 Å². The van der Waals surface area contributed by atoms with Crippen molar-refractivity contribution in [3.63, 3.8) is 0 Å². The van der Waals surface area contributed by atoms with Crippen LogP contribution in [0.4, 0.5) is 0 Å². The molecule has 2 rings (SSSR count). The van der Waals surface area contributed by atoms with Crippen molar-refractivity contribution in [2.75, 3.05) is 12.9 Å². The average Bonchev–Trinajstić information content (AvgIpc) is 2.29. The summed E-state index contributed by atoms with van der Waals surface area (Å²) in [5.41, 5.74) is 1.36. The lowest BCUT2D eigenvalue weighted by molar-refractivity contribution is 0.405. The Kier molecular flexibility index (Phi) is 4.00. The zero-order valence-electron chi connectivity index (χ0n) is 10.8. The summed E-state index contributed by atoms with van der Waals surface area (Å²) in [5.74, 6) is 2.18. The summed E-state index contributed by atoms with van der Waals surface area (Å²) in [6.07, 6.45) is 2.33. The van der Waals surface area contributed by atoms with Gasteiger partial charge in [-0.15, -0.1) is 11.8 Å². The number of hydrogen-bond donors (Lipinski definition) is 1. The zero-order chi connectivity index (χ0) is 12.3. The number of hydrogen-bond acceptors (Lipinski definition) is 3. The highest BCUT2D eigenvalue weighted by Gasteiger charge is 2.30. The van der Waals surface area contributed by atoms with Crippen molar-refractivity contribution in [2.45, 2.75) is 37.6 Å². The highest BCUT2D eigenvalue weighted by Crippen LogP contribution is 2.32. The lowest BCUT2D eigenvalue weighted by Crippen LogP contribution is -2.49. The molecule has 3 heteroatoms. The molecule has 1 aliphatic rings. The van der Waals surface area contributed by atoms with Gasteiger partial charge in [0.2, 0.25) is 0 Å². The quantitative estimate of drug-likeness (QED) is 0.892. The normalized spacial score (nSPS) is 29.0. The van der Waals surface area contributed by atoms with Gasteiger partial charge in [-0.2, -0.15) is 0 Å². The molecule has 0 saturated carbocycles. The molecule has 0 aromatic heterocycles. The van der Waals surface area contributed by atoms with Crippen molar-refractivity contribution in [1.82, 2.24) is 5.32 Å². The summed E-state index contributed by atoms with van der Waals surface area (Å²) in [6.45, 7) is 4.57. The van der Waals surface area contributed by atoms with E-state index in [0.717, 1.165) is 12.2 Å². The maximum atomic E-state index is 5.18. The zero-order valence-corrected chi connectivity index (χ0v) is 11.6. The highest BCUT2D eigenvalue weighted by atomic mass is 32.2. The van der Waals surface area contributed by atoms with E-state index < -0.39 is 0 Å². The molecule has 0 amide bonds. The molecule has 1 aromatic rings. The van der Waals surface area contributed by atoms with Gasteiger partial charge in [0.1, 0.15) is 5.75 Å². The molecule has 1 saturated heterocycles. The minimum Gasteiger partial charge on any atom is -0.497 e. The third-order valence-corrected chi connectivity index (χ3v) is 4.56. The summed E-state index contributed by atoms with van der Waals surface area (Å²) < 4.78 is 5.18. The standard InChI is InChI=1S/C14H21NOS/c1-11-8-9-17-14(2,15-11)10-12-4-6-13(16-3)7-5-12/h4-7,11,15H,8-10H2,1-3H3. The van der Waals surface area contributed by atoms with Crippen molar-refractivity contribution in [2.24, 2.45) is 0 Å². The molecule has 2 atom stereocenters. The Morgan fingerprint density at radius 1 is 1.41 bits per heavy atom. The number of ether oxygens (including phenoxy) is 1. The van der Waals surface area contributed by atoms with Crippen LogP contribution in [-0.4, -0.2) is 23.8 Å². The Bertz CT molecular complexity index is 365. The van der Waals surface area contributed by atoms with Gasteiger partial charge in [-0.25, -0.2) is 0 Å². The second-order valence-electron chi connectivity index (χ2n) is 4.94. The summed E-state index contributed by atoms with van der Waals surface area (Å²) in [5, 5.41) is 3.70. The molecule has 17 heavy (non-hydrogen) atoms. The Hall–Kier alpha value is -0.670. The second-order valence-corrected chi connectivity index (χ2v) is 6.54. The number of benzene rings is 1. The Labute approximate surface area is 108 Å². The lowest BCUT2D eigenvalue weighted by Gasteiger charge is -2.38. The van der Waals surface area contributed by atoms with E-state index in [-0.39, 0.29) is 4.87 Å². The van der Waals surface area contributed by atoms with Crippen molar-refractivity contribution < 1.29 is 4.74 Å². The van der Waals surface area contributed by atoms with E-state index >= 15 is 0 Å². The first-order valence-electron chi connectivity index (χ1n) is 6.16. The van der Waals surface area contributed by atoms with Gasteiger partial charge in [0.25, 0.3) is 0 Å². The molecule has 0 bridgehead atoms. The maximum absolute atomic E-state index is 5.18. The van der Waals surface area contributed by atoms with Gasteiger partial charge in [0.05, 0.1) is 12.0 Å². The van der Waals surface area contributed by atoms with E-state index in [2.05, 4.69) is 31.3 Å². The van der Waals surface area contributed by atoms with Gasteiger partial charge < -0.3 is 10.1 Å². The molecular weight excluding hydrogens is 230 g/mol. The van der Waals surface area contributed by atoms with Crippen LogP contribution in [0.15, 0.2) is 24.3 Å². The van der Waals surface area contributed by atoms with Gasteiger partial charge in [-0.3, -0.25) is 0 Å². The lowest BCUT2D eigenvalue weighted by atomic mass is 10.0. The monoisotopic (exact) mass is 251 g/mol. The largest absolute Gasteiger partial charge is 0.497 e. The summed E-state index contributed by atoms with van der Waals surface area (Å²) in [4.78, 5) is 0.173. The van der Waals surface area contributed by atoms with Crippen LogP contribution in [0.2, 0.25) is 0 Å². The molecule has 94 valence electrons. The van der Waals surface area contributed by atoms with Crippen molar-refractivity contribution in [3.05, 3.63) is 29.8 Å². The fraction of sp³-hybridized carbons (Fsp3) is 0.571. The van der Waals surface area contributed by atoms with Gasteiger partial charge >= 0.3 is 0 Å². The average molecular weight is 251 g/mol. The predicted octanol–water partition coefficient (Wildman–Crippen LogP) is 3.07. The van der Waals surface area contributed by atoms with Crippen molar-refractivity contribution in [1.29, 1.82) is 0 Å². The van der Waals surface area contributed by atoms with Crippen LogP contribution in [0.5, 0.6) is 5.75 Å². The van der Waals surface area contributed by atoms with Crippen LogP contribution in [0.3, 0.4) is 0 Å². The molecule has 1 N–H and O–H groups in total. The van der Waals surface area contributed by atoms with Crippen LogP contribution >= 0.6 is 11.8 Å². The molecule has 1 aromatic carbocycles. The minimum atomic E-state index is 0.173. The van der Waals surface area contributed by atoms with E-state index in [4.69, 9.17) is 4.74 Å². The van der Waals surface area contributed by atoms with Gasteiger partial charge in [-0.05, 0) is 50.1 Å².